The van der Waals surface area contributed by atoms with Crippen LogP contribution >= 0.6 is 27.3 Å². The molecule has 0 aliphatic rings. The molecule has 0 spiro atoms. The topological polar surface area (TPSA) is 63.2 Å². The van der Waals surface area contributed by atoms with Gasteiger partial charge in [-0.05, 0) is 39.7 Å². The van der Waals surface area contributed by atoms with Crippen molar-refractivity contribution in [2.45, 2.75) is 11.4 Å². The van der Waals surface area contributed by atoms with Gasteiger partial charge in [0, 0.05) is 18.2 Å². The van der Waals surface area contributed by atoms with Gasteiger partial charge in [0.1, 0.15) is 0 Å². The van der Waals surface area contributed by atoms with Crippen LogP contribution in [0.4, 0.5) is 0 Å². The molecule has 106 valence electrons. The number of sulfone groups is 1. The number of carbonyl (C=O) groups is 1. The molecule has 20 heavy (non-hydrogen) atoms. The van der Waals surface area contributed by atoms with Crippen LogP contribution in [-0.4, -0.2) is 20.6 Å². The highest BCUT2D eigenvalue weighted by Crippen LogP contribution is 2.20. The van der Waals surface area contributed by atoms with Crippen molar-refractivity contribution in [2.75, 3.05) is 6.26 Å². The van der Waals surface area contributed by atoms with Crippen molar-refractivity contribution in [1.82, 2.24) is 5.32 Å². The van der Waals surface area contributed by atoms with Gasteiger partial charge in [-0.3, -0.25) is 4.79 Å². The van der Waals surface area contributed by atoms with E-state index in [1.807, 2.05) is 0 Å². The minimum absolute atomic E-state index is 0.154. The molecule has 0 aliphatic carbocycles. The van der Waals surface area contributed by atoms with Crippen LogP contribution < -0.4 is 5.32 Å². The van der Waals surface area contributed by atoms with E-state index in [2.05, 4.69) is 21.2 Å². The Morgan fingerprint density at radius 1 is 1.30 bits per heavy atom. The third-order valence-corrected chi connectivity index (χ3v) is 5.27. The van der Waals surface area contributed by atoms with Gasteiger partial charge in [0.25, 0.3) is 5.91 Å². The summed E-state index contributed by atoms with van der Waals surface area (Å²) in [7, 11) is -3.18. The third kappa shape index (κ3) is 3.91. The molecule has 0 saturated heterocycles. The number of nitrogens with one attached hydrogen (secondary N) is 1. The van der Waals surface area contributed by atoms with Crippen molar-refractivity contribution >= 4 is 43.0 Å². The number of hydrogen-bond acceptors (Lipinski definition) is 4. The first kappa shape index (κ1) is 15.2. The number of hydrogen-bond donors (Lipinski definition) is 1. The van der Waals surface area contributed by atoms with Crippen molar-refractivity contribution < 1.29 is 13.2 Å². The molecule has 4 nitrogen and oxygen atoms in total. The lowest BCUT2D eigenvalue weighted by Gasteiger charge is -2.05. The SMILES string of the molecule is CS(=O)(=O)c1ccc(CNC(=O)c2csc(Br)c2)cc1. The number of benzene rings is 1. The van der Waals surface area contributed by atoms with E-state index in [-0.39, 0.29) is 10.8 Å². The minimum Gasteiger partial charge on any atom is -0.348 e. The molecule has 0 unspecified atom stereocenters. The zero-order valence-corrected chi connectivity index (χ0v) is 13.8. The van der Waals surface area contributed by atoms with Gasteiger partial charge in [0.2, 0.25) is 0 Å². The van der Waals surface area contributed by atoms with Crippen LogP contribution in [0.3, 0.4) is 0 Å². The second-order valence-electron chi connectivity index (χ2n) is 4.24. The lowest BCUT2D eigenvalue weighted by atomic mass is 10.2. The summed E-state index contributed by atoms with van der Waals surface area (Å²) in [6, 6.07) is 8.23. The minimum atomic E-state index is -3.18. The molecular formula is C13H12BrNO3S2. The van der Waals surface area contributed by atoms with Crippen molar-refractivity contribution in [2.24, 2.45) is 0 Å². The standard InChI is InChI=1S/C13H12BrNO3S2/c1-20(17,18)11-4-2-9(3-5-11)7-15-13(16)10-6-12(14)19-8-10/h2-6,8H,7H2,1H3,(H,15,16). The number of carbonyl (C=O) groups excluding carboxylic acids is 1. The lowest BCUT2D eigenvalue weighted by Crippen LogP contribution is -2.22. The molecule has 1 aromatic heterocycles. The molecule has 1 aromatic carbocycles. The first-order chi connectivity index (χ1) is 9.36. The molecule has 0 bridgehead atoms. The van der Waals surface area contributed by atoms with E-state index in [1.165, 1.54) is 23.5 Å². The normalized spacial score (nSPS) is 11.3. The highest BCUT2D eigenvalue weighted by Gasteiger charge is 2.09. The maximum absolute atomic E-state index is 11.8. The smallest absolute Gasteiger partial charge is 0.252 e. The molecule has 1 amide bonds. The van der Waals surface area contributed by atoms with Gasteiger partial charge in [-0.1, -0.05) is 12.1 Å². The predicted octanol–water partition coefficient (Wildman–Crippen LogP) is 2.84. The summed E-state index contributed by atoms with van der Waals surface area (Å²) >= 11 is 4.75. The fraction of sp³-hybridized carbons (Fsp3) is 0.154. The van der Waals surface area contributed by atoms with Gasteiger partial charge < -0.3 is 5.32 Å². The zero-order valence-electron chi connectivity index (χ0n) is 10.6. The van der Waals surface area contributed by atoms with Crippen LogP contribution in [0.25, 0.3) is 0 Å². The quantitative estimate of drug-likeness (QED) is 0.895. The summed E-state index contributed by atoms with van der Waals surface area (Å²) in [5, 5.41) is 4.55. The van der Waals surface area contributed by atoms with Crippen molar-refractivity contribution in [3.63, 3.8) is 0 Å². The molecule has 2 aromatic rings. The highest BCUT2D eigenvalue weighted by atomic mass is 79.9. The summed E-state index contributed by atoms with van der Waals surface area (Å²) in [5.41, 5.74) is 1.45. The fourth-order valence-electron chi connectivity index (χ4n) is 1.57. The molecule has 0 radical (unpaired) electrons. The molecule has 7 heteroatoms. The van der Waals surface area contributed by atoms with Gasteiger partial charge in [-0.2, -0.15) is 0 Å². The van der Waals surface area contributed by atoms with Crippen LogP contribution in [-0.2, 0) is 16.4 Å². The highest BCUT2D eigenvalue weighted by molar-refractivity contribution is 9.11. The van der Waals surface area contributed by atoms with Crippen LogP contribution in [0.5, 0.6) is 0 Å². The van der Waals surface area contributed by atoms with Gasteiger partial charge in [-0.25, -0.2) is 8.42 Å². The second-order valence-corrected chi connectivity index (χ2v) is 8.54. The first-order valence-electron chi connectivity index (χ1n) is 5.67. The van der Waals surface area contributed by atoms with Crippen LogP contribution in [0.15, 0.2) is 44.4 Å². The van der Waals surface area contributed by atoms with Crippen LogP contribution in [0.2, 0.25) is 0 Å². The number of rotatable bonds is 4. The fourth-order valence-corrected chi connectivity index (χ4v) is 3.34. The molecule has 0 atom stereocenters. The van der Waals surface area contributed by atoms with Gasteiger partial charge in [0.15, 0.2) is 9.84 Å². The number of halogens is 1. The number of amides is 1. The Morgan fingerprint density at radius 2 is 1.95 bits per heavy atom. The van der Waals surface area contributed by atoms with Crippen molar-refractivity contribution in [1.29, 1.82) is 0 Å². The van der Waals surface area contributed by atoms with Crippen molar-refractivity contribution in [3.8, 4) is 0 Å². The Kier molecular flexibility index (Phi) is 4.62. The van der Waals surface area contributed by atoms with E-state index >= 15 is 0 Å². The lowest BCUT2D eigenvalue weighted by molar-refractivity contribution is 0.0951. The van der Waals surface area contributed by atoms with E-state index in [0.717, 1.165) is 15.6 Å². The molecular weight excluding hydrogens is 362 g/mol. The molecule has 1 N–H and O–H groups in total. The van der Waals surface area contributed by atoms with E-state index in [0.29, 0.717) is 12.1 Å². The number of thiophene rings is 1. The second kappa shape index (κ2) is 6.07. The monoisotopic (exact) mass is 373 g/mol. The first-order valence-corrected chi connectivity index (χ1v) is 9.24. The summed E-state index contributed by atoms with van der Waals surface area (Å²) in [5.74, 6) is -0.154. The maximum Gasteiger partial charge on any atom is 0.252 e. The predicted molar refractivity (Wildman–Crippen MR) is 82.7 cm³/mol. The largest absolute Gasteiger partial charge is 0.348 e. The molecule has 0 saturated carbocycles. The van der Waals surface area contributed by atoms with Crippen LogP contribution in [0, 0.1) is 0 Å². The summed E-state index contributed by atoms with van der Waals surface area (Å²) in [6.45, 7) is 0.357. The Labute approximate surface area is 129 Å². The average Bonchev–Trinajstić information content (AvgIpc) is 2.82. The van der Waals surface area contributed by atoms with Crippen molar-refractivity contribution in [3.05, 3.63) is 50.6 Å². The van der Waals surface area contributed by atoms with E-state index < -0.39 is 9.84 Å². The van der Waals surface area contributed by atoms with Gasteiger partial charge >= 0.3 is 0 Å². The Bertz CT molecular complexity index is 720. The van der Waals surface area contributed by atoms with Crippen LogP contribution in [0.1, 0.15) is 15.9 Å². The summed E-state index contributed by atoms with van der Waals surface area (Å²) in [6.07, 6.45) is 1.16. The van der Waals surface area contributed by atoms with E-state index in [9.17, 15) is 13.2 Å². The molecule has 1 heterocycles. The summed E-state index contributed by atoms with van der Waals surface area (Å²) in [4.78, 5) is 12.1. The summed E-state index contributed by atoms with van der Waals surface area (Å²) < 4.78 is 23.6. The Balaban J connectivity index is 1.99. The maximum atomic E-state index is 11.8. The molecule has 2 rings (SSSR count). The van der Waals surface area contributed by atoms with Gasteiger partial charge in [0.05, 0.1) is 14.2 Å². The Hall–Kier alpha value is -1.18. The van der Waals surface area contributed by atoms with Gasteiger partial charge in [-0.15, -0.1) is 11.3 Å². The van der Waals surface area contributed by atoms with E-state index in [4.69, 9.17) is 0 Å². The molecule has 0 aliphatic heterocycles. The van der Waals surface area contributed by atoms with E-state index in [1.54, 1.807) is 23.6 Å². The zero-order chi connectivity index (χ0) is 14.8. The Morgan fingerprint density at radius 3 is 2.45 bits per heavy atom. The average molecular weight is 374 g/mol. The third-order valence-electron chi connectivity index (χ3n) is 2.63. The molecule has 0 fully saturated rings.